The first kappa shape index (κ1) is 23.2. The Hall–Kier alpha value is -1.13. The molecular formula is C20H34FIN6. The van der Waals surface area contributed by atoms with Crippen LogP contribution in [0.25, 0.3) is 0 Å². The van der Waals surface area contributed by atoms with E-state index in [1.54, 1.807) is 0 Å². The molecule has 2 heterocycles. The third-order valence-electron chi connectivity index (χ3n) is 5.70. The number of nitrogens with one attached hydrogen (secondary N) is 1. The fourth-order valence-corrected chi connectivity index (χ4v) is 3.79. The lowest BCUT2D eigenvalue weighted by molar-refractivity contribution is 0.119. The number of rotatable bonds is 4. The number of piperazine rings is 2. The number of anilines is 1. The summed E-state index contributed by atoms with van der Waals surface area (Å²) in [5.41, 5.74) is 1.09. The summed E-state index contributed by atoms with van der Waals surface area (Å²) < 4.78 is 13.1. The maximum absolute atomic E-state index is 13.1. The van der Waals surface area contributed by atoms with Crippen LogP contribution in [0.2, 0.25) is 0 Å². The van der Waals surface area contributed by atoms with Crippen molar-refractivity contribution in [1.82, 2.24) is 20.0 Å². The Labute approximate surface area is 185 Å². The number of nitrogens with zero attached hydrogens (tertiary/aromatic N) is 5. The van der Waals surface area contributed by atoms with Gasteiger partial charge < -0.3 is 20.0 Å². The van der Waals surface area contributed by atoms with Crippen LogP contribution >= 0.6 is 24.0 Å². The van der Waals surface area contributed by atoms with Gasteiger partial charge in [0.1, 0.15) is 5.82 Å². The SMILES string of the molecule is CN=C(NCC(C)N1CCN(C)CC1)N1CCN(c2ccc(F)cc2)CC1.I. The van der Waals surface area contributed by atoms with Gasteiger partial charge in [0, 0.05) is 77.7 Å². The molecule has 2 aliphatic rings. The van der Waals surface area contributed by atoms with Gasteiger partial charge >= 0.3 is 0 Å². The summed E-state index contributed by atoms with van der Waals surface area (Å²) >= 11 is 0. The largest absolute Gasteiger partial charge is 0.368 e. The molecule has 8 heteroatoms. The third-order valence-corrected chi connectivity index (χ3v) is 5.70. The zero-order chi connectivity index (χ0) is 19.2. The summed E-state index contributed by atoms with van der Waals surface area (Å²) in [6.07, 6.45) is 0. The second-order valence-corrected chi connectivity index (χ2v) is 7.57. The van der Waals surface area contributed by atoms with E-state index in [1.165, 1.54) is 12.1 Å². The van der Waals surface area contributed by atoms with E-state index < -0.39 is 0 Å². The van der Waals surface area contributed by atoms with Gasteiger partial charge in [-0.05, 0) is 38.2 Å². The van der Waals surface area contributed by atoms with Gasteiger partial charge in [-0.1, -0.05) is 0 Å². The number of benzene rings is 1. The number of likely N-dealkylation sites (N-methyl/N-ethyl adjacent to an activating group) is 1. The van der Waals surface area contributed by atoms with Crippen molar-refractivity contribution in [2.75, 3.05) is 77.9 Å². The predicted octanol–water partition coefficient (Wildman–Crippen LogP) is 1.78. The molecule has 0 aromatic heterocycles. The van der Waals surface area contributed by atoms with Crippen molar-refractivity contribution in [2.24, 2.45) is 4.99 Å². The van der Waals surface area contributed by atoms with Crippen molar-refractivity contribution in [2.45, 2.75) is 13.0 Å². The number of aliphatic imine (C=N–C) groups is 1. The Morgan fingerprint density at radius 1 is 1.04 bits per heavy atom. The second-order valence-electron chi connectivity index (χ2n) is 7.57. The van der Waals surface area contributed by atoms with E-state index >= 15 is 0 Å². The number of halogens is 2. The Morgan fingerprint density at radius 3 is 2.21 bits per heavy atom. The summed E-state index contributed by atoms with van der Waals surface area (Å²) in [6.45, 7) is 11.4. The molecule has 2 aliphatic heterocycles. The van der Waals surface area contributed by atoms with E-state index in [9.17, 15) is 4.39 Å². The quantitative estimate of drug-likeness (QED) is 0.385. The van der Waals surface area contributed by atoms with Gasteiger partial charge in [-0.25, -0.2) is 4.39 Å². The summed E-state index contributed by atoms with van der Waals surface area (Å²) in [4.78, 5) is 14.0. The first-order valence-electron chi connectivity index (χ1n) is 9.95. The summed E-state index contributed by atoms with van der Waals surface area (Å²) in [5, 5.41) is 3.56. The number of guanidine groups is 1. The molecule has 0 saturated carbocycles. The summed E-state index contributed by atoms with van der Waals surface area (Å²) in [5.74, 6) is 0.797. The molecule has 0 spiro atoms. The zero-order valence-electron chi connectivity index (χ0n) is 17.3. The van der Waals surface area contributed by atoms with Crippen molar-refractivity contribution < 1.29 is 4.39 Å². The van der Waals surface area contributed by atoms with Crippen LogP contribution in [-0.2, 0) is 0 Å². The van der Waals surface area contributed by atoms with Crippen molar-refractivity contribution in [3.8, 4) is 0 Å². The Balaban J connectivity index is 0.00000280. The highest BCUT2D eigenvalue weighted by Crippen LogP contribution is 2.17. The van der Waals surface area contributed by atoms with Crippen molar-refractivity contribution in [1.29, 1.82) is 0 Å². The molecule has 1 unspecified atom stereocenters. The molecule has 0 bridgehead atoms. The molecule has 1 N–H and O–H groups in total. The highest BCUT2D eigenvalue weighted by Gasteiger charge is 2.22. The van der Waals surface area contributed by atoms with E-state index in [-0.39, 0.29) is 29.8 Å². The number of hydrogen-bond donors (Lipinski definition) is 1. The van der Waals surface area contributed by atoms with Crippen LogP contribution in [0.15, 0.2) is 29.3 Å². The topological polar surface area (TPSA) is 37.4 Å². The summed E-state index contributed by atoms with van der Waals surface area (Å²) in [6, 6.07) is 7.27. The van der Waals surface area contributed by atoms with Crippen LogP contribution in [0.3, 0.4) is 0 Å². The Kier molecular flexibility index (Phi) is 9.23. The molecule has 1 atom stereocenters. The zero-order valence-corrected chi connectivity index (χ0v) is 19.6. The van der Waals surface area contributed by atoms with Gasteiger partial charge in [-0.3, -0.25) is 9.89 Å². The first-order chi connectivity index (χ1) is 13.1. The van der Waals surface area contributed by atoms with Crippen molar-refractivity contribution in [3.05, 3.63) is 30.1 Å². The standard InChI is InChI=1S/C20H33FN6.HI/c1-17(25-10-8-24(3)9-11-25)16-23-20(22-2)27-14-12-26(13-15-27)19-6-4-18(21)5-7-19;/h4-7,17H,8-16H2,1-3H3,(H,22,23);1H. The third kappa shape index (κ3) is 6.18. The van der Waals surface area contributed by atoms with Crippen LogP contribution in [0.5, 0.6) is 0 Å². The van der Waals surface area contributed by atoms with Crippen LogP contribution < -0.4 is 10.2 Å². The fourth-order valence-electron chi connectivity index (χ4n) is 3.79. The first-order valence-corrected chi connectivity index (χ1v) is 9.95. The molecular weight excluding hydrogens is 470 g/mol. The van der Waals surface area contributed by atoms with Crippen LogP contribution in [-0.4, -0.2) is 99.7 Å². The lowest BCUT2D eigenvalue weighted by Crippen LogP contribution is -2.55. The van der Waals surface area contributed by atoms with E-state index in [0.29, 0.717) is 6.04 Å². The molecule has 1 aromatic carbocycles. The fraction of sp³-hybridized carbons (Fsp3) is 0.650. The highest BCUT2D eigenvalue weighted by atomic mass is 127. The molecule has 3 rings (SSSR count). The molecule has 2 fully saturated rings. The average molecular weight is 504 g/mol. The van der Waals surface area contributed by atoms with E-state index in [2.05, 4.69) is 43.9 Å². The van der Waals surface area contributed by atoms with Crippen molar-refractivity contribution >= 4 is 35.6 Å². The van der Waals surface area contributed by atoms with Gasteiger partial charge in [-0.15, -0.1) is 24.0 Å². The maximum Gasteiger partial charge on any atom is 0.193 e. The monoisotopic (exact) mass is 504 g/mol. The van der Waals surface area contributed by atoms with Gasteiger partial charge in [0.15, 0.2) is 5.96 Å². The van der Waals surface area contributed by atoms with E-state index in [4.69, 9.17) is 0 Å². The molecule has 6 nitrogen and oxygen atoms in total. The number of hydrogen-bond acceptors (Lipinski definition) is 4. The summed E-state index contributed by atoms with van der Waals surface area (Å²) in [7, 11) is 4.04. The minimum Gasteiger partial charge on any atom is -0.368 e. The lowest BCUT2D eigenvalue weighted by atomic mass is 10.2. The predicted molar refractivity (Wildman–Crippen MR) is 125 cm³/mol. The lowest BCUT2D eigenvalue weighted by Gasteiger charge is -2.39. The minimum absolute atomic E-state index is 0. The van der Waals surface area contributed by atoms with Crippen LogP contribution in [0.4, 0.5) is 10.1 Å². The molecule has 2 saturated heterocycles. The minimum atomic E-state index is -0.184. The molecule has 0 aliphatic carbocycles. The van der Waals surface area contributed by atoms with Gasteiger partial charge in [0.25, 0.3) is 0 Å². The van der Waals surface area contributed by atoms with Crippen LogP contribution in [0, 0.1) is 5.82 Å². The second kappa shape index (κ2) is 11.2. The van der Waals surface area contributed by atoms with E-state index in [0.717, 1.165) is 70.5 Å². The van der Waals surface area contributed by atoms with Gasteiger partial charge in [0.05, 0.1) is 0 Å². The Bertz CT molecular complexity index is 610. The Morgan fingerprint density at radius 2 is 1.64 bits per heavy atom. The van der Waals surface area contributed by atoms with Crippen molar-refractivity contribution in [3.63, 3.8) is 0 Å². The highest BCUT2D eigenvalue weighted by molar-refractivity contribution is 14.0. The molecule has 0 amide bonds. The molecule has 28 heavy (non-hydrogen) atoms. The van der Waals surface area contributed by atoms with E-state index in [1.807, 2.05) is 19.2 Å². The van der Waals surface area contributed by atoms with Gasteiger partial charge in [-0.2, -0.15) is 0 Å². The van der Waals surface area contributed by atoms with Gasteiger partial charge in [0.2, 0.25) is 0 Å². The van der Waals surface area contributed by atoms with Crippen LogP contribution in [0.1, 0.15) is 6.92 Å². The maximum atomic E-state index is 13.1. The molecule has 158 valence electrons. The smallest absolute Gasteiger partial charge is 0.193 e. The average Bonchev–Trinajstić information content (AvgIpc) is 2.70. The molecule has 0 radical (unpaired) electrons. The molecule has 1 aromatic rings. The normalized spacial score (nSPS) is 20.6.